The normalized spacial score (nSPS) is 11.7. The molecule has 0 radical (unpaired) electrons. The standard InChI is InChI=1S/C16H21N3O6/c1-9(2)6-12(16(22)23)18-14(20)8-17-15(21)11-4-5-13(19(24)25)10(3)7-11/h4-5,7,9,12H,6,8H2,1-3H3,(H,17,21)(H,18,20)(H,22,23)/t12-/m1/s1. The molecule has 0 saturated carbocycles. The lowest BCUT2D eigenvalue weighted by Gasteiger charge is -2.16. The second kappa shape index (κ2) is 8.76. The minimum absolute atomic E-state index is 0.0825. The number of nitro benzene ring substituents is 1. The van der Waals surface area contributed by atoms with Crippen LogP contribution >= 0.6 is 0 Å². The number of hydrogen-bond donors (Lipinski definition) is 3. The molecule has 0 aromatic heterocycles. The number of nitro groups is 1. The molecule has 1 rings (SSSR count). The highest BCUT2D eigenvalue weighted by Gasteiger charge is 2.21. The number of carbonyl (C=O) groups is 3. The molecule has 0 heterocycles. The molecule has 0 spiro atoms. The lowest BCUT2D eigenvalue weighted by molar-refractivity contribution is -0.385. The third kappa shape index (κ3) is 6.21. The van der Waals surface area contributed by atoms with Crippen molar-refractivity contribution < 1.29 is 24.4 Å². The molecule has 0 aliphatic rings. The second-order valence-electron chi connectivity index (χ2n) is 6.03. The molecule has 1 aromatic carbocycles. The summed E-state index contributed by atoms with van der Waals surface area (Å²) in [7, 11) is 0. The molecule has 136 valence electrons. The molecule has 0 fully saturated rings. The molecule has 1 aromatic rings. The monoisotopic (exact) mass is 351 g/mol. The van der Waals surface area contributed by atoms with Crippen LogP contribution in [-0.2, 0) is 9.59 Å². The number of aryl methyl sites for hydroxylation is 1. The first kappa shape index (κ1) is 20.1. The first-order valence-corrected chi connectivity index (χ1v) is 7.67. The van der Waals surface area contributed by atoms with Crippen molar-refractivity contribution in [1.82, 2.24) is 10.6 Å². The lowest BCUT2D eigenvalue weighted by Crippen LogP contribution is -2.46. The number of amides is 2. The molecule has 0 bridgehead atoms. The van der Waals surface area contributed by atoms with Crippen molar-refractivity contribution in [2.75, 3.05) is 6.54 Å². The number of carboxylic acids is 1. The van der Waals surface area contributed by atoms with E-state index in [2.05, 4.69) is 10.6 Å². The Labute approximate surface area is 144 Å². The van der Waals surface area contributed by atoms with Crippen molar-refractivity contribution in [3.05, 3.63) is 39.4 Å². The Morgan fingerprint density at radius 2 is 1.92 bits per heavy atom. The Bertz CT molecular complexity index is 686. The van der Waals surface area contributed by atoms with E-state index in [1.807, 2.05) is 13.8 Å². The van der Waals surface area contributed by atoms with Gasteiger partial charge in [-0.3, -0.25) is 19.7 Å². The highest BCUT2D eigenvalue weighted by atomic mass is 16.6. The molecule has 9 nitrogen and oxygen atoms in total. The minimum atomic E-state index is -1.14. The average Bonchev–Trinajstić information content (AvgIpc) is 2.50. The summed E-state index contributed by atoms with van der Waals surface area (Å²) >= 11 is 0. The van der Waals surface area contributed by atoms with E-state index in [-0.39, 0.29) is 23.6 Å². The van der Waals surface area contributed by atoms with Gasteiger partial charge in [0.05, 0.1) is 11.5 Å². The van der Waals surface area contributed by atoms with E-state index in [9.17, 15) is 24.5 Å². The zero-order valence-electron chi connectivity index (χ0n) is 14.2. The largest absolute Gasteiger partial charge is 0.480 e. The van der Waals surface area contributed by atoms with E-state index >= 15 is 0 Å². The van der Waals surface area contributed by atoms with Crippen molar-refractivity contribution in [1.29, 1.82) is 0 Å². The maximum atomic E-state index is 12.0. The van der Waals surface area contributed by atoms with E-state index < -0.39 is 35.3 Å². The summed E-state index contributed by atoms with van der Waals surface area (Å²) in [5.41, 5.74) is 0.394. The third-order valence-corrected chi connectivity index (χ3v) is 3.41. The van der Waals surface area contributed by atoms with Crippen LogP contribution in [0.1, 0.15) is 36.2 Å². The Morgan fingerprint density at radius 3 is 2.40 bits per heavy atom. The Morgan fingerprint density at radius 1 is 1.28 bits per heavy atom. The van der Waals surface area contributed by atoms with Gasteiger partial charge in [-0.2, -0.15) is 0 Å². The molecule has 0 unspecified atom stereocenters. The van der Waals surface area contributed by atoms with Crippen molar-refractivity contribution in [3.63, 3.8) is 0 Å². The summed E-state index contributed by atoms with van der Waals surface area (Å²) in [5, 5.41) is 24.5. The Balaban J connectivity index is 2.63. The predicted octanol–water partition coefficient (Wildman–Crippen LogP) is 1.25. The van der Waals surface area contributed by atoms with Crippen molar-refractivity contribution >= 4 is 23.5 Å². The molecule has 25 heavy (non-hydrogen) atoms. The van der Waals surface area contributed by atoms with Gasteiger partial charge in [-0.15, -0.1) is 0 Å². The maximum absolute atomic E-state index is 12.0. The smallest absolute Gasteiger partial charge is 0.326 e. The predicted molar refractivity (Wildman–Crippen MR) is 89.2 cm³/mol. The maximum Gasteiger partial charge on any atom is 0.326 e. The van der Waals surface area contributed by atoms with Crippen LogP contribution in [0.4, 0.5) is 5.69 Å². The lowest BCUT2D eigenvalue weighted by atomic mass is 10.0. The third-order valence-electron chi connectivity index (χ3n) is 3.41. The fourth-order valence-corrected chi connectivity index (χ4v) is 2.20. The van der Waals surface area contributed by atoms with E-state index in [1.165, 1.54) is 25.1 Å². The molecular formula is C16H21N3O6. The van der Waals surface area contributed by atoms with Gasteiger partial charge in [-0.05, 0) is 31.4 Å². The van der Waals surface area contributed by atoms with Gasteiger partial charge >= 0.3 is 5.97 Å². The average molecular weight is 351 g/mol. The number of carboxylic acid groups (broad SMARTS) is 1. The summed E-state index contributed by atoms with van der Waals surface area (Å²) in [6.07, 6.45) is 0.274. The topological polar surface area (TPSA) is 139 Å². The number of benzene rings is 1. The van der Waals surface area contributed by atoms with Gasteiger partial charge in [0, 0.05) is 17.2 Å². The van der Waals surface area contributed by atoms with E-state index in [0.29, 0.717) is 5.56 Å². The van der Waals surface area contributed by atoms with Gasteiger partial charge in [0.15, 0.2) is 0 Å². The summed E-state index contributed by atoms with van der Waals surface area (Å²) in [4.78, 5) is 45.1. The van der Waals surface area contributed by atoms with Gasteiger partial charge in [-0.25, -0.2) is 4.79 Å². The molecule has 1 atom stereocenters. The van der Waals surface area contributed by atoms with Crippen molar-refractivity contribution in [3.8, 4) is 0 Å². The van der Waals surface area contributed by atoms with Gasteiger partial charge in [0.25, 0.3) is 11.6 Å². The highest BCUT2D eigenvalue weighted by molar-refractivity contribution is 5.97. The van der Waals surface area contributed by atoms with Crippen molar-refractivity contribution in [2.45, 2.75) is 33.2 Å². The molecule has 3 N–H and O–H groups in total. The Hall–Kier alpha value is -2.97. The highest BCUT2D eigenvalue weighted by Crippen LogP contribution is 2.18. The first-order chi connectivity index (χ1) is 11.6. The molecule has 9 heteroatoms. The number of hydrogen-bond acceptors (Lipinski definition) is 5. The van der Waals surface area contributed by atoms with Crippen LogP contribution in [0, 0.1) is 23.0 Å². The zero-order chi connectivity index (χ0) is 19.1. The van der Waals surface area contributed by atoms with Gasteiger partial charge in [0.2, 0.25) is 5.91 Å². The quantitative estimate of drug-likeness (QED) is 0.476. The van der Waals surface area contributed by atoms with Crippen LogP contribution in [0.25, 0.3) is 0 Å². The fourth-order valence-electron chi connectivity index (χ4n) is 2.20. The van der Waals surface area contributed by atoms with Gasteiger partial charge < -0.3 is 15.7 Å². The molecule has 0 saturated heterocycles. The number of nitrogens with zero attached hydrogens (tertiary/aromatic N) is 1. The minimum Gasteiger partial charge on any atom is -0.480 e. The number of nitrogens with one attached hydrogen (secondary N) is 2. The molecule has 0 aliphatic heterocycles. The number of aliphatic carboxylic acids is 1. The molecular weight excluding hydrogens is 330 g/mol. The van der Waals surface area contributed by atoms with Gasteiger partial charge in [-0.1, -0.05) is 13.8 Å². The summed E-state index contributed by atoms with van der Waals surface area (Å²) in [6.45, 7) is 4.78. The van der Waals surface area contributed by atoms with Crippen LogP contribution in [0.2, 0.25) is 0 Å². The summed E-state index contributed by atoms with van der Waals surface area (Å²) in [6, 6.07) is 2.83. The SMILES string of the molecule is Cc1cc(C(=O)NCC(=O)N[C@H](CC(C)C)C(=O)O)ccc1[N+](=O)[O-]. The van der Waals surface area contributed by atoms with Gasteiger partial charge in [0.1, 0.15) is 6.04 Å². The number of carbonyl (C=O) groups excluding carboxylic acids is 2. The van der Waals surface area contributed by atoms with E-state index in [0.717, 1.165) is 0 Å². The van der Waals surface area contributed by atoms with E-state index in [4.69, 9.17) is 5.11 Å². The van der Waals surface area contributed by atoms with E-state index in [1.54, 1.807) is 0 Å². The molecule has 2 amide bonds. The van der Waals surface area contributed by atoms with Crippen LogP contribution in [0.5, 0.6) is 0 Å². The first-order valence-electron chi connectivity index (χ1n) is 7.67. The van der Waals surface area contributed by atoms with Crippen LogP contribution in [-0.4, -0.2) is 40.4 Å². The van der Waals surface area contributed by atoms with Crippen LogP contribution in [0.3, 0.4) is 0 Å². The summed E-state index contributed by atoms with van der Waals surface area (Å²) in [5.74, 6) is -2.26. The summed E-state index contributed by atoms with van der Waals surface area (Å²) < 4.78 is 0. The number of rotatable bonds is 8. The van der Waals surface area contributed by atoms with Crippen molar-refractivity contribution in [2.24, 2.45) is 5.92 Å². The van der Waals surface area contributed by atoms with Crippen LogP contribution < -0.4 is 10.6 Å². The molecule has 0 aliphatic carbocycles. The Kier molecular flexibility index (Phi) is 7.04. The van der Waals surface area contributed by atoms with Crippen LogP contribution in [0.15, 0.2) is 18.2 Å². The second-order valence-corrected chi connectivity index (χ2v) is 6.03. The zero-order valence-corrected chi connectivity index (χ0v) is 14.2. The fraction of sp³-hybridized carbons (Fsp3) is 0.438.